The summed E-state index contributed by atoms with van der Waals surface area (Å²) >= 11 is 6.23. The van der Waals surface area contributed by atoms with Crippen molar-refractivity contribution in [3.8, 4) is 29.1 Å². The number of rotatable bonds is 11. The molecule has 1 saturated carbocycles. The van der Waals surface area contributed by atoms with E-state index in [1.165, 1.54) is 31.3 Å². The zero-order valence-corrected chi connectivity index (χ0v) is 24.2. The van der Waals surface area contributed by atoms with E-state index in [2.05, 4.69) is 16.1 Å². The maximum atomic E-state index is 14.5. The van der Waals surface area contributed by atoms with Crippen LogP contribution in [0.4, 0.5) is 24.5 Å². The van der Waals surface area contributed by atoms with Gasteiger partial charge in [0.25, 0.3) is 5.91 Å². The van der Waals surface area contributed by atoms with Crippen molar-refractivity contribution in [2.45, 2.75) is 43.5 Å². The quantitative estimate of drug-likeness (QED) is 0.229. The lowest BCUT2D eigenvalue weighted by Crippen LogP contribution is -2.38. The zero-order valence-electron chi connectivity index (χ0n) is 23.5. The van der Waals surface area contributed by atoms with E-state index in [-0.39, 0.29) is 5.41 Å². The van der Waals surface area contributed by atoms with Crippen LogP contribution in [0.15, 0.2) is 54.6 Å². The first-order chi connectivity index (χ1) is 20.6. The maximum absolute atomic E-state index is 14.5. The molecule has 0 radical (unpaired) electrons. The summed E-state index contributed by atoms with van der Waals surface area (Å²) in [5.74, 6) is 0.470. The van der Waals surface area contributed by atoms with Crippen LogP contribution in [0.1, 0.15) is 42.9 Å². The Balaban J connectivity index is 1.53. The number of fused-ring (bicyclic) bond motifs is 2. The van der Waals surface area contributed by atoms with Gasteiger partial charge < -0.3 is 29.2 Å². The molecule has 1 fully saturated rings. The minimum Gasteiger partial charge on any atom is -0.497 e. The van der Waals surface area contributed by atoms with Gasteiger partial charge in [-0.3, -0.25) is 4.79 Å². The standard InChI is InChI=1S/C31H29ClF3N3O5/c1-40-22-14-20(15-23(16-22)42-12-4-3-11-36)37-28(24-7-5-19(32)13-27(24)41-2)29(39)38-18-30(9-10-30)25-8-6-21(17-26(25)38)43-31(33,34)35/h5-8,13-17,28,37H,3-4,9-10,12,18H2,1-2H3. The molecule has 226 valence electrons. The van der Waals surface area contributed by atoms with Gasteiger partial charge in [0.2, 0.25) is 0 Å². The van der Waals surface area contributed by atoms with Gasteiger partial charge in [0.15, 0.2) is 0 Å². The molecule has 1 amide bonds. The molecule has 2 aliphatic rings. The second kappa shape index (κ2) is 12.1. The molecule has 0 aromatic heterocycles. The van der Waals surface area contributed by atoms with Crippen molar-refractivity contribution in [1.82, 2.24) is 0 Å². The fourth-order valence-electron chi connectivity index (χ4n) is 5.34. The molecule has 0 bridgehead atoms. The number of benzene rings is 3. The molecule has 43 heavy (non-hydrogen) atoms. The molecule has 1 N–H and O–H groups in total. The van der Waals surface area contributed by atoms with Gasteiger partial charge in [-0.05, 0) is 43.0 Å². The van der Waals surface area contributed by atoms with Gasteiger partial charge in [0, 0.05) is 58.9 Å². The van der Waals surface area contributed by atoms with E-state index in [0.29, 0.717) is 65.2 Å². The van der Waals surface area contributed by atoms with Crippen molar-refractivity contribution in [3.63, 3.8) is 0 Å². The molecule has 1 atom stereocenters. The first-order valence-corrected chi connectivity index (χ1v) is 13.9. The van der Waals surface area contributed by atoms with Crippen LogP contribution in [0, 0.1) is 11.3 Å². The number of unbranched alkanes of at least 4 members (excludes halogenated alkanes) is 1. The fraction of sp³-hybridized carbons (Fsp3) is 0.355. The summed E-state index contributed by atoms with van der Waals surface area (Å²) in [7, 11) is 2.96. The molecule has 5 rings (SSSR count). The van der Waals surface area contributed by atoms with Crippen molar-refractivity contribution >= 4 is 28.9 Å². The van der Waals surface area contributed by atoms with E-state index >= 15 is 0 Å². The molecule has 1 aliphatic carbocycles. The van der Waals surface area contributed by atoms with Gasteiger partial charge in [-0.1, -0.05) is 23.7 Å². The number of anilines is 2. The van der Waals surface area contributed by atoms with Crippen LogP contribution in [0.5, 0.6) is 23.0 Å². The number of nitrogens with zero attached hydrogens (tertiary/aromatic N) is 2. The number of alkyl halides is 3. The van der Waals surface area contributed by atoms with Crippen LogP contribution in [-0.4, -0.2) is 39.6 Å². The molecule has 1 aliphatic heterocycles. The third kappa shape index (κ3) is 6.70. The predicted molar refractivity (Wildman–Crippen MR) is 154 cm³/mol. The fourth-order valence-corrected chi connectivity index (χ4v) is 5.51. The molecule has 3 aromatic rings. The molecule has 3 aromatic carbocycles. The Labute approximate surface area is 251 Å². The molecular formula is C31H29ClF3N3O5. The lowest BCUT2D eigenvalue weighted by atomic mass is 9.99. The number of methoxy groups -OCH3 is 2. The topological polar surface area (TPSA) is 93.1 Å². The van der Waals surface area contributed by atoms with E-state index in [1.807, 2.05) is 0 Å². The van der Waals surface area contributed by atoms with E-state index in [4.69, 9.17) is 31.1 Å². The maximum Gasteiger partial charge on any atom is 0.573 e. The Morgan fingerprint density at radius 2 is 1.84 bits per heavy atom. The average Bonchev–Trinajstić information content (AvgIpc) is 3.68. The molecule has 12 heteroatoms. The molecule has 1 heterocycles. The highest BCUT2D eigenvalue weighted by Crippen LogP contribution is 2.57. The van der Waals surface area contributed by atoms with Crippen LogP contribution in [-0.2, 0) is 10.2 Å². The zero-order chi connectivity index (χ0) is 30.8. The molecule has 1 unspecified atom stereocenters. The van der Waals surface area contributed by atoms with E-state index in [0.717, 1.165) is 18.4 Å². The van der Waals surface area contributed by atoms with Crippen LogP contribution < -0.4 is 29.2 Å². The number of carbonyl (C=O) groups is 1. The Morgan fingerprint density at radius 1 is 1.07 bits per heavy atom. The van der Waals surface area contributed by atoms with Crippen molar-refractivity contribution in [3.05, 3.63) is 70.7 Å². The Bertz CT molecular complexity index is 1550. The summed E-state index contributed by atoms with van der Waals surface area (Å²) < 4.78 is 60.2. The summed E-state index contributed by atoms with van der Waals surface area (Å²) in [6.07, 6.45) is -2.37. The highest BCUT2D eigenvalue weighted by atomic mass is 35.5. The minimum absolute atomic E-state index is 0.308. The summed E-state index contributed by atoms with van der Waals surface area (Å²) in [4.78, 5) is 16.0. The molecular weight excluding hydrogens is 587 g/mol. The third-order valence-corrected chi connectivity index (χ3v) is 7.76. The number of hydrogen-bond donors (Lipinski definition) is 1. The first-order valence-electron chi connectivity index (χ1n) is 13.6. The number of ether oxygens (including phenoxy) is 4. The lowest BCUT2D eigenvalue weighted by molar-refractivity contribution is -0.274. The molecule has 0 saturated heterocycles. The van der Waals surface area contributed by atoms with Gasteiger partial charge in [0.1, 0.15) is 29.0 Å². The van der Waals surface area contributed by atoms with E-state index in [9.17, 15) is 18.0 Å². The smallest absolute Gasteiger partial charge is 0.497 e. The number of nitrogens with one attached hydrogen (secondary N) is 1. The van der Waals surface area contributed by atoms with Gasteiger partial charge in [-0.15, -0.1) is 13.2 Å². The number of amides is 1. The van der Waals surface area contributed by atoms with Crippen LogP contribution in [0.2, 0.25) is 5.02 Å². The largest absolute Gasteiger partial charge is 0.573 e. The summed E-state index contributed by atoms with van der Waals surface area (Å²) in [6.45, 7) is 0.624. The van der Waals surface area contributed by atoms with Crippen LogP contribution in [0.25, 0.3) is 0 Å². The SMILES string of the molecule is COc1cc(NC(C(=O)N2CC3(CC3)c3ccc(OC(F)(F)F)cc32)c2ccc(Cl)cc2OC)cc(OCCCC#N)c1. The second-order valence-electron chi connectivity index (χ2n) is 10.4. The van der Waals surface area contributed by atoms with Gasteiger partial charge in [-0.2, -0.15) is 5.26 Å². The van der Waals surface area contributed by atoms with Crippen molar-refractivity contribution in [2.24, 2.45) is 0 Å². The number of halogens is 4. The predicted octanol–water partition coefficient (Wildman–Crippen LogP) is 7.17. The van der Waals surface area contributed by atoms with Crippen molar-refractivity contribution in [2.75, 3.05) is 37.6 Å². The summed E-state index contributed by atoms with van der Waals surface area (Å²) in [5, 5.41) is 12.5. The van der Waals surface area contributed by atoms with Gasteiger partial charge in [0.05, 0.1) is 32.6 Å². The van der Waals surface area contributed by atoms with Crippen LogP contribution in [0.3, 0.4) is 0 Å². The van der Waals surface area contributed by atoms with E-state index < -0.39 is 24.1 Å². The summed E-state index contributed by atoms with van der Waals surface area (Å²) in [5.41, 5.74) is 1.83. The molecule has 1 spiro atoms. The van der Waals surface area contributed by atoms with Crippen molar-refractivity contribution in [1.29, 1.82) is 5.26 Å². The van der Waals surface area contributed by atoms with E-state index in [1.54, 1.807) is 42.5 Å². The van der Waals surface area contributed by atoms with Crippen molar-refractivity contribution < 1.29 is 36.9 Å². The highest BCUT2D eigenvalue weighted by Gasteiger charge is 2.54. The average molecular weight is 616 g/mol. The number of carbonyl (C=O) groups excluding carboxylic acids is 1. The van der Waals surface area contributed by atoms with Crippen LogP contribution >= 0.6 is 11.6 Å². The lowest BCUT2D eigenvalue weighted by Gasteiger charge is -2.28. The summed E-state index contributed by atoms with van der Waals surface area (Å²) in [6, 6.07) is 15.2. The number of nitriles is 1. The minimum atomic E-state index is -4.87. The number of hydrogen-bond acceptors (Lipinski definition) is 7. The van der Waals surface area contributed by atoms with Gasteiger partial charge >= 0.3 is 6.36 Å². The Kier molecular flexibility index (Phi) is 8.51. The monoisotopic (exact) mass is 615 g/mol. The first kappa shape index (κ1) is 30.2. The normalized spacial score (nSPS) is 15.3. The second-order valence-corrected chi connectivity index (χ2v) is 10.8. The Morgan fingerprint density at radius 3 is 2.51 bits per heavy atom. The molecule has 8 nitrogen and oxygen atoms in total. The van der Waals surface area contributed by atoms with Gasteiger partial charge in [-0.25, -0.2) is 0 Å². The Hall–Kier alpha value is -4.30. The highest BCUT2D eigenvalue weighted by molar-refractivity contribution is 6.30. The third-order valence-electron chi connectivity index (χ3n) is 7.53.